The van der Waals surface area contributed by atoms with Gasteiger partial charge in [0.25, 0.3) is 0 Å². The summed E-state index contributed by atoms with van der Waals surface area (Å²) in [5.41, 5.74) is 3.30. The average molecular weight is 531 g/mol. The minimum absolute atomic E-state index is 0. The second kappa shape index (κ2) is 14.2. The van der Waals surface area contributed by atoms with Gasteiger partial charge in [-0.15, -0.1) is 24.0 Å². The Kier molecular flexibility index (Phi) is 12.3. The van der Waals surface area contributed by atoms with Gasteiger partial charge in [0.05, 0.1) is 13.2 Å². The Labute approximate surface area is 194 Å². The van der Waals surface area contributed by atoms with Gasteiger partial charge in [0.15, 0.2) is 5.96 Å². The molecule has 0 saturated heterocycles. The van der Waals surface area contributed by atoms with Crippen molar-refractivity contribution in [2.45, 2.75) is 33.0 Å². The quantitative estimate of drug-likeness (QED) is 0.189. The van der Waals surface area contributed by atoms with E-state index in [1.54, 1.807) is 26.3 Å². The molecule has 0 heterocycles. The van der Waals surface area contributed by atoms with Crippen LogP contribution in [0.1, 0.15) is 28.7 Å². The lowest BCUT2D eigenvalue weighted by atomic mass is 10.1. The molecule has 30 heavy (non-hydrogen) atoms. The zero-order chi connectivity index (χ0) is 21.1. The third-order valence-electron chi connectivity index (χ3n) is 4.38. The third-order valence-corrected chi connectivity index (χ3v) is 4.38. The molecule has 8 heteroatoms. The lowest BCUT2D eigenvalue weighted by Gasteiger charge is -2.16. The molecule has 166 valence electrons. The molecule has 0 atom stereocenters. The summed E-state index contributed by atoms with van der Waals surface area (Å²) in [6, 6.07) is 10.8. The van der Waals surface area contributed by atoms with E-state index in [0.29, 0.717) is 32.3 Å². The molecule has 2 rings (SSSR count). The minimum atomic E-state index is -0.406. The molecule has 2 aromatic rings. The molecular weight excluding hydrogens is 500 g/mol. The molecule has 6 nitrogen and oxygen atoms in total. The number of nitrogens with zero attached hydrogens (tertiary/aromatic N) is 1. The third kappa shape index (κ3) is 8.45. The van der Waals surface area contributed by atoms with Crippen molar-refractivity contribution in [2.24, 2.45) is 4.99 Å². The monoisotopic (exact) mass is 531 g/mol. The molecule has 0 aliphatic rings. The zero-order valence-corrected chi connectivity index (χ0v) is 20.0. The first-order valence-corrected chi connectivity index (χ1v) is 9.61. The Morgan fingerprint density at radius 1 is 1.07 bits per heavy atom. The molecule has 0 fully saturated rings. The molecule has 0 bridgehead atoms. The highest BCUT2D eigenvalue weighted by Crippen LogP contribution is 2.20. The van der Waals surface area contributed by atoms with E-state index in [2.05, 4.69) is 15.6 Å². The Bertz CT molecular complexity index is 818. The molecular formula is C22H31FIN3O3. The number of aliphatic imine (C=N–C) groups is 1. The zero-order valence-electron chi connectivity index (χ0n) is 17.7. The van der Waals surface area contributed by atoms with Crippen LogP contribution in [-0.2, 0) is 24.4 Å². The molecule has 0 saturated carbocycles. The number of nitrogens with one attached hydrogen (secondary N) is 2. The van der Waals surface area contributed by atoms with E-state index in [1.807, 2.05) is 25.1 Å². The summed E-state index contributed by atoms with van der Waals surface area (Å²) >= 11 is 0. The summed E-state index contributed by atoms with van der Waals surface area (Å²) in [5, 5.41) is 15.7. The summed E-state index contributed by atoms with van der Waals surface area (Å²) in [6.07, 6.45) is 0.827. The fourth-order valence-corrected chi connectivity index (χ4v) is 2.77. The fraction of sp³-hybridized carbons (Fsp3) is 0.409. The molecule has 0 radical (unpaired) electrons. The lowest BCUT2D eigenvalue weighted by molar-refractivity contribution is 0.171. The highest BCUT2D eigenvalue weighted by Gasteiger charge is 2.07. The van der Waals surface area contributed by atoms with Gasteiger partial charge < -0.3 is 25.2 Å². The van der Waals surface area contributed by atoms with E-state index < -0.39 is 5.82 Å². The van der Waals surface area contributed by atoms with Crippen molar-refractivity contribution in [3.8, 4) is 5.75 Å². The van der Waals surface area contributed by atoms with E-state index in [9.17, 15) is 9.50 Å². The van der Waals surface area contributed by atoms with Crippen LogP contribution in [0.4, 0.5) is 4.39 Å². The number of hydrogen-bond acceptors (Lipinski definition) is 4. The number of ether oxygens (including phenoxy) is 2. The first-order chi connectivity index (χ1) is 14.1. The van der Waals surface area contributed by atoms with E-state index in [4.69, 9.17) is 9.47 Å². The number of guanidine groups is 1. The van der Waals surface area contributed by atoms with Crippen LogP contribution in [0.25, 0.3) is 0 Å². The number of aryl methyl sites for hydroxylation is 1. The maximum Gasteiger partial charge on any atom is 0.191 e. The molecule has 2 aromatic carbocycles. The van der Waals surface area contributed by atoms with Crippen LogP contribution < -0.4 is 15.4 Å². The Morgan fingerprint density at radius 3 is 2.53 bits per heavy atom. The van der Waals surface area contributed by atoms with E-state index >= 15 is 0 Å². The normalized spacial score (nSPS) is 11.0. The number of rotatable bonds is 10. The summed E-state index contributed by atoms with van der Waals surface area (Å²) in [6.45, 7) is 3.97. The van der Waals surface area contributed by atoms with Gasteiger partial charge in [-0.25, -0.2) is 4.39 Å². The first kappa shape index (κ1) is 26.1. The number of methoxy groups -OCH3 is 1. The number of aliphatic hydroxyl groups is 1. The number of hydrogen-bond donors (Lipinski definition) is 3. The van der Waals surface area contributed by atoms with E-state index in [1.165, 1.54) is 6.07 Å². The predicted octanol–water partition coefficient (Wildman–Crippen LogP) is 3.52. The maximum absolute atomic E-state index is 13.5. The van der Waals surface area contributed by atoms with Gasteiger partial charge in [-0.2, -0.15) is 0 Å². The summed E-state index contributed by atoms with van der Waals surface area (Å²) in [4.78, 5) is 4.23. The van der Waals surface area contributed by atoms with Crippen LogP contribution in [0.3, 0.4) is 0 Å². The number of halogens is 2. The average Bonchev–Trinajstić information content (AvgIpc) is 2.73. The highest BCUT2D eigenvalue weighted by atomic mass is 127. The topological polar surface area (TPSA) is 75.1 Å². The van der Waals surface area contributed by atoms with Gasteiger partial charge in [0.2, 0.25) is 0 Å². The van der Waals surface area contributed by atoms with Gasteiger partial charge in [-0.1, -0.05) is 18.2 Å². The van der Waals surface area contributed by atoms with E-state index in [0.717, 1.165) is 28.9 Å². The van der Waals surface area contributed by atoms with Gasteiger partial charge in [-0.05, 0) is 36.2 Å². The molecule has 0 amide bonds. The molecule has 0 unspecified atom stereocenters. The minimum Gasteiger partial charge on any atom is -0.493 e. The van der Waals surface area contributed by atoms with Crippen molar-refractivity contribution in [3.05, 3.63) is 64.5 Å². The summed E-state index contributed by atoms with van der Waals surface area (Å²) < 4.78 is 24.5. The van der Waals surface area contributed by atoms with Crippen molar-refractivity contribution in [2.75, 3.05) is 27.4 Å². The molecule has 3 N–H and O–H groups in total. The Hall–Kier alpha value is -1.91. The van der Waals surface area contributed by atoms with Crippen molar-refractivity contribution in [1.29, 1.82) is 0 Å². The van der Waals surface area contributed by atoms with Crippen molar-refractivity contribution in [1.82, 2.24) is 10.6 Å². The predicted molar refractivity (Wildman–Crippen MR) is 128 cm³/mol. The first-order valence-electron chi connectivity index (χ1n) is 9.61. The van der Waals surface area contributed by atoms with Crippen LogP contribution in [0, 0.1) is 12.7 Å². The largest absolute Gasteiger partial charge is 0.493 e. The van der Waals surface area contributed by atoms with Gasteiger partial charge in [0.1, 0.15) is 11.6 Å². The molecule has 0 aliphatic heterocycles. The Balaban J connectivity index is 0.00000450. The lowest BCUT2D eigenvalue weighted by Crippen LogP contribution is -2.36. The van der Waals surface area contributed by atoms with Gasteiger partial charge in [0, 0.05) is 51.4 Å². The van der Waals surface area contributed by atoms with Crippen LogP contribution >= 0.6 is 24.0 Å². The van der Waals surface area contributed by atoms with Crippen molar-refractivity contribution < 1.29 is 19.0 Å². The summed E-state index contributed by atoms with van der Waals surface area (Å²) in [5.74, 6) is 1.05. The second-order valence-corrected chi connectivity index (χ2v) is 6.67. The van der Waals surface area contributed by atoms with Crippen LogP contribution in [0.2, 0.25) is 0 Å². The summed E-state index contributed by atoms with van der Waals surface area (Å²) in [7, 11) is 3.37. The molecule has 0 spiro atoms. The fourth-order valence-electron chi connectivity index (χ4n) is 2.77. The Morgan fingerprint density at radius 2 is 1.83 bits per heavy atom. The number of aliphatic hydroxyl groups excluding tert-OH is 1. The van der Waals surface area contributed by atoms with E-state index in [-0.39, 0.29) is 36.1 Å². The van der Waals surface area contributed by atoms with Crippen LogP contribution in [0.5, 0.6) is 5.75 Å². The maximum atomic E-state index is 13.5. The van der Waals surface area contributed by atoms with Crippen molar-refractivity contribution in [3.63, 3.8) is 0 Å². The molecule has 0 aliphatic carbocycles. The smallest absolute Gasteiger partial charge is 0.191 e. The SMILES string of the molecule is CN=C(NCc1ccc(F)c(CO)c1)NCc1ccc(C)cc1OCCCOC.I. The highest BCUT2D eigenvalue weighted by molar-refractivity contribution is 14.0. The van der Waals surface area contributed by atoms with Crippen molar-refractivity contribution >= 4 is 29.9 Å². The van der Waals surface area contributed by atoms with Gasteiger partial charge in [-0.3, -0.25) is 4.99 Å². The van der Waals surface area contributed by atoms with Crippen LogP contribution in [0.15, 0.2) is 41.4 Å². The standard InChI is InChI=1S/C22H30FN3O3.HI/c1-16-5-7-18(21(11-16)29-10-4-9-28-3)14-26-22(24-2)25-13-17-6-8-20(23)19(12-17)15-27;/h5-8,11-12,27H,4,9-10,13-15H2,1-3H3,(H2,24,25,26);1H. The second-order valence-electron chi connectivity index (χ2n) is 6.67. The van der Waals surface area contributed by atoms with Crippen LogP contribution in [-0.4, -0.2) is 38.4 Å². The van der Waals surface area contributed by atoms with Gasteiger partial charge >= 0.3 is 0 Å². The number of benzene rings is 2. The molecule has 0 aromatic heterocycles.